The van der Waals surface area contributed by atoms with E-state index >= 15 is 0 Å². The predicted molar refractivity (Wildman–Crippen MR) is 71.2 cm³/mol. The molecular formula is C15H20N2O. The second-order valence-electron chi connectivity index (χ2n) is 4.86. The monoisotopic (exact) mass is 244 g/mol. The first-order chi connectivity index (χ1) is 8.78. The standard InChI is InChI=1S/C15H20N2O/c1-3-6-12(2)18-15-10-14(16-11-17-15)9-13-7-4-5-8-13/h10-13H,4-5,7-9H2,1-2H3. The van der Waals surface area contributed by atoms with E-state index in [9.17, 15) is 0 Å². The topological polar surface area (TPSA) is 35.0 Å². The Labute approximate surface area is 109 Å². The largest absolute Gasteiger partial charge is 0.461 e. The van der Waals surface area contributed by atoms with Gasteiger partial charge in [0.1, 0.15) is 6.33 Å². The van der Waals surface area contributed by atoms with Gasteiger partial charge in [0.2, 0.25) is 5.88 Å². The lowest BCUT2D eigenvalue weighted by molar-refractivity contribution is 0.266. The van der Waals surface area contributed by atoms with Gasteiger partial charge in [-0.15, -0.1) is 5.92 Å². The van der Waals surface area contributed by atoms with Crippen LogP contribution in [-0.2, 0) is 6.42 Å². The van der Waals surface area contributed by atoms with Crippen LogP contribution in [-0.4, -0.2) is 16.1 Å². The Balaban J connectivity index is 1.97. The van der Waals surface area contributed by atoms with E-state index in [2.05, 4.69) is 21.8 Å². The van der Waals surface area contributed by atoms with E-state index in [1.54, 1.807) is 6.33 Å². The Bertz CT molecular complexity index is 441. The van der Waals surface area contributed by atoms with Gasteiger partial charge in [0.25, 0.3) is 0 Å². The van der Waals surface area contributed by atoms with E-state index in [0.717, 1.165) is 18.0 Å². The highest BCUT2D eigenvalue weighted by atomic mass is 16.5. The summed E-state index contributed by atoms with van der Waals surface area (Å²) >= 11 is 0. The Hall–Kier alpha value is -1.56. The van der Waals surface area contributed by atoms with Crippen molar-refractivity contribution >= 4 is 0 Å². The first-order valence-electron chi connectivity index (χ1n) is 6.68. The van der Waals surface area contributed by atoms with Crippen LogP contribution in [0.4, 0.5) is 0 Å². The van der Waals surface area contributed by atoms with Crippen molar-refractivity contribution in [2.45, 2.75) is 52.1 Å². The fourth-order valence-corrected chi connectivity index (χ4v) is 2.48. The fourth-order valence-electron chi connectivity index (χ4n) is 2.48. The van der Waals surface area contributed by atoms with Crippen molar-refractivity contribution in [1.82, 2.24) is 9.97 Å². The third-order valence-corrected chi connectivity index (χ3v) is 3.32. The third-order valence-electron chi connectivity index (χ3n) is 3.32. The maximum Gasteiger partial charge on any atom is 0.217 e. The average Bonchev–Trinajstić information content (AvgIpc) is 2.82. The maximum atomic E-state index is 5.64. The van der Waals surface area contributed by atoms with Crippen molar-refractivity contribution < 1.29 is 4.74 Å². The second kappa shape index (κ2) is 6.39. The molecule has 1 saturated carbocycles. The lowest BCUT2D eigenvalue weighted by Crippen LogP contribution is -2.10. The van der Waals surface area contributed by atoms with E-state index in [0.29, 0.717) is 5.88 Å². The number of aromatic nitrogens is 2. The van der Waals surface area contributed by atoms with Crippen LogP contribution >= 0.6 is 0 Å². The van der Waals surface area contributed by atoms with Gasteiger partial charge >= 0.3 is 0 Å². The second-order valence-corrected chi connectivity index (χ2v) is 4.86. The summed E-state index contributed by atoms with van der Waals surface area (Å²) < 4.78 is 5.64. The third kappa shape index (κ3) is 3.73. The fraction of sp³-hybridized carbons (Fsp3) is 0.600. The molecule has 1 heterocycles. The van der Waals surface area contributed by atoms with Crippen LogP contribution in [0, 0.1) is 17.8 Å². The van der Waals surface area contributed by atoms with Crippen LogP contribution in [0.3, 0.4) is 0 Å². The number of nitrogens with zero attached hydrogens (tertiary/aromatic N) is 2. The number of hydrogen-bond donors (Lipinski definition) is 0. The Morgan fingerprint density at radius 1 is 1.39 bits per heavy atom. The van der Waals surface area contributed by atoms with Gasteiger partial charge in [-0.05, 0) is 26.2 Å². The number of rotatable bonds is 4. The quantitative estimate of drug-likeness (QED) is 0.764. The highest BCUT2D eigenvalue weighted by Gasteiger charge is 2.16. The molecule has 3 heteroatoms. The summed E-state index contributed by atoms with van der Waals surface area (Å²) in [5.41, 5.74) is 1.09. The lowest BCUT2D eigenvalue weighted by Gasteiger charge is -2.11. The van der Waals surface area contributed by atoms with Crippen molar-refractivity contribution in [1.29, 1.82) is 0 Å². The normalized spacial score (nSPS) is 17.0. The van der Waals surface area contributed by atoms with Gasteiger partial charge in [-0.3, -0.25) is 0 Å². The average molecular weight is 244 g/mol. The minimum atomic E-state index is -0.121. The highest BCUT2D eigenvalue weighted by Crippen LogP contribution is 2.27. The van der Waals surface area contributed by atoms with Gasteiger partial charge in [0.05, 0.1) is 0 Å². The molecule has 0 radical (unpaired) electrons. The molecule has 96 valence electrons. The Kier molecular flexibility index (Phi) is 4.58. The molecule has 0 amide bonds. The molecule has 3 nitrogen and oxygen atoms in total. The molecule has 0 aromatic carbocycles. The molecule has 1 aromatic rings. The molecule has 1 unspecified atom stereocenters. The molecule has 0 spiro atoms. The predicted octanol–water partition coefficient (Wildman–Crippen LogP) is 3.00. The first kappa shape index (κ1) is 12.9. The number of hydrogen-bond acceptors (Lipinski definition) is 3. The van der Waals surface area contributed by atoms with Crippen LogP contribution in [0.15, 0.2) is 12.4 Å². The molecule has 1 aromatic heterocycles. The first-order valence-corrected chi connectivity index (χ1v) is 6.68. The number of ether oxygens (including phenoxy) is 1. The van der Waals surface area contributed by atoms with Gasteiger partial charge in [0.15, 0.2) is 6.10 Å². The molecule has 1 aliphatic carbocycles. The highest BCUT2D eigenvalue weighted by molar-refractivity contribution is 5.16. The summed E-state index contributed by atoms with van der Waals surface area (Å²) in [7, 11) is 0. The molecule has 0 saturated heterocycles. The van der Waals surface area contributed by atoms with Crippen molar-refractivity contribution in [2.24, 2.45) is 5.92 Å². The molecule has 18 heavy (non-hydrogen) atoms. The van der Waals surface area contributed by atoms with Gasteiger partial charge in [-0.2, -0.15) is 0 Å². The smallest absolute Gasteiger partial charge is 0.217 e. The summed E-state index contributed by atoms with van der Waals surface area (Å²) in [6.45, 7) is 3.74. The van der Waals surface area contributed by atoms with Crippen molar-refractivity contribution in [2.75, 3.05) is 0 Å². The Morgan fingerprint density at radius 2 is 2.17 bits per heavy atom. The van der Waals surface area contributed by atoms with Crippen molar-refractivity contribution in [3.63, 3.8) is 0 Å². The van der Waals surface area contributed by atoms with E-state index in [1.807, 2.05) is 19.9 Å². The molecule has 2 rings (SSSR count). The maximum absolute atomic E-state index is 5.64. The van der Waals surface area contributed by atoms with E-state index < -0.39 is 0 Å². The molecule has 0 bridgehead atoms. The zero-order chi connectivity index (χ0) is 12.8. The van der Waals surface area contributed by atoms with E-state index in [1.165, 1.54) is 25.7 Å². The molecule has 0 N–H and O–H groups in total. The minimum absolute atomic E-state index is 0.121. The molecule has 1 aliphatic rings. The van der Waals surface area contributed by atoms with Crippen molar-refractivity contribution in [3.8, 4) is 17.7 Å². The summed E-state index contributed by atoms with van der Waals surface area (Å²) in [4.78, 5) is 8.46. The molecular weight excluding hydrogens is 224 g/mol. The zero-order valence-corrected chi connectivity index (χ0v) is 11.1. The SMILES string of the molecule is CC#CC(C)Oc1cc(CC2CCCC2)ncn1. The van der Waals surface area contributed by atoms with Crippen LogP contribution in [0.2, 0.25) is 0 Å². The van der Waals surface area contributed by atoms with Crippen LogP contribution in [0.5, 0.6) is 5.88 Å². The van der Waals surface area contributed by atoms with E-state index in [-0.39, 0.29) is 6.10 Å². The van der Waals surface area contributed by atoms with E-state index in [4.69, 9.17) is 4.74 Å². The van der Waals surface area contributed by atoms with Gasteiger partial charge < -0.3 is 4.74 Å². The van der Waals surface area contributed by atoms with Gasteiger partial charge in [-0.1, -0.05) is 31.6 Å². The summed E-state index contributed by atoms with van der Waals surface area (Å²) in [6.07, 6.45) is 7.91. The summed E-state index contributed by atoms with van der Waals surface area (Å²) in [5, 5.41) is 0. The zero-order valence-electron chi connectivity index (χ0n) is 11.1. The van der Waals surface area contributed by atoms with Gasteiger partial charge in [-0.25, -0.2) is 9.97 Å². The van der Waals surface area contributed by atoms with Crippen LogP contribution in [0.1, 0.15) is 45.2 Å². The summed E-state index contributed by atoms with van der Waals surface area (Å²) in [6, 6.07) is 1.95. The molecule has 1 atom stereocenters. The lowest BCUT2D eigenvalue weighted by atomic mass is 10.0. The summed E-state index contributed by atoms with van der Waals surface area (Å²) in [5.74, 6) is 7.22. The van der Waals surface area contributed by atoms with Crippen molar-refractivity contribution in [3.05, 3.63) is 18.1 Å². The van der Waals surface area contributed by atoms with Crippen LogP contribution in [0.25, 0.3) is 0 Å². The minimum Gasteiger partial charge on any atom is -0.461 e. The van der Waals surface area contributed by atoms with Gasteiger partial charge in [0, 0.05) is 11.8 Å². The Morgan fingerprint density at radius 3 is 2.89 bits per heavy atom. The molecule has 1 fully saturated rings. The van der Waals surface area contributed by atoms with Crippen LogP contribution < -0.4 is 4.74 Å². The molecule has 0 aliphatic heterocycles.